The minimum absolute atomic E-state index is 0.0173. The van der Waals surface area contributed by atoms with Gasteiger partial charge in [-0.1, -0.05) is 133 Å². The fourth-order valence-corrected chi connectivity index (χ4v) is 15.0. The summed E-state index contributed by atoms with van der Waals surface area (Å²) in [5, 5.41) is 2.41. The highest BCUT2D eigenvalue weighted by Crippen LogP contribution is 2.54. The van der Waals surface area contributed by atoms with Crippen molar-refractivity contribution < 1.29 is 19.1 Å². The van der Waals surface area contributed by atoms with Gasteiger partial charge in [-0.05, 0) is 152 Å². The monoisotopic (exact) mass is 1200 g/mol. The van der Waals surface area contributed by atoms with Gasteiger partial charge in [0.25, 0.3) is 17.7 Å². The van der Waals surface area contributed by atoms with E-state index in [0.29, 0.717) is 22.5 Å². The third-order valence-corrected chi connectivity index (χ3v) is 19.1. The highest BCUT2D eigenvalue weighted by molar-refractivity contribution is 7.99. The van der Waals surface area contributed by atoms with Crippen LogP contribution in [0.2, 0.25) is 0 Å². The Bertz CT molecular complexity index is 5530. The molecule has 14 heteroatoms. The molecule has 16 aromatic rings. The van der Waals surface area contributed by atoms with Gasteiger partial charge in [-0.15, -0.1) is 0 Å². The van der Waals surface area contributed by atoms with Crippen molar-refractivity contribution in [2.75, 3.05) is 9.80 Å². The number of anilines is 6. The summed E-state index contributed by atoms with van der Waals surface area (Å²) in [6.07, 6.45) is 0. The zero-order valence-corrected chi connectivity index (χ0v) is 49.4. The zero-order valence-electron chi connectivity index (χ0n) is 48.5. The average Bonchev–Trinajstić information content (AvgIpc) is 1.53. The number of carbonyl (C=O) groups is 3. The molecule has 0 bridgehead atoms. The Hall–Kier alpha value is -12.4. The summed E-state index contributed by atoms with van der Waals surface area (Å²) in [5.41, 5.74) is 19.0. The van der Waals surface area contributed by atoms with Crippen LogP contribution in [-0.4, -0.2) is 50.9 Å². The number of hydrogen-bond donors (Lipinski definition) is 0. The second-order valence-electron chi connectivity index (χ2n) is 23.0. The molecular formula is C78H45N9O4S. The lowest BCUT2D eigenvalue weighted by Crippen LogP contribution is -2.16. The van der Waals surface area contributed by atoms with Gasteiger partial charge >= 0.3 is 0 Å². The molecule has 0 unspecified atom stereocenters. The predicted molar refractivity (Wildman–Crippen MR) is 363 cm³/mol. The molecule has 9 heterocycles. The zero-order chi connectivity index (χ0) is 60.9. The smallest absolute Gasteiger partial charge is 0.264 e. The molecule has 0 N–H and O–H groups in total. The van der Waals surface area contributed by atoms with Crippen LogP contribution in [0.1, 0.15) is 31.1 Å². The number of fused-ring (bicyclic) bond motifs is 22. The van der Waals surface area contributed by atoms with Gasteiger partial charge in [0.15, 0.2) is 11.5 Å². The molecule has 12 aromatic carbocycles. The van der Waals surface area contributed by atoms with E-state index in [2.05, 4.69) is 124 Å². The SMILES string of the molecule is O=C1c2cc(-n3c4ccccc4c4ccccc43)ccc2-c2nc3ccccc3n21.O=C1c2cc(N3c4ccccc4Oc4ccccc43)ccc2-c2nc3ccccc3n21.O=C1c2cc(N3c4ccccc4Sc4ccccc43)ccc2-c2nc3ccccc3n21. The Morgan fingerprint density at radius 1 is 0.283 bits per heavy atom. The molecule has 5 aliphatic rings. The summed E-state index contributed by atoms with van der Waals surface area (Å²) in [4.78, 5) is 61.0. The van der Waals surface area contributed by atoms with E-state index in [-0.39, 0.29) is 17.7 Å². The summed E-state index contributed by atoms with van der Waals surface area (Å²) < 4.78 is 13.5. The van der Waals surface area contributed by atoms with E-state index in [9.17, 15) is 14.4 Å². The summed E-state index contributed by atoms with van der Waals surface area (Å²) in [6.45, 7) is 0. The number of para-hydroxylation sites is 14. The van der Waals surface area contributed by atoms with Crippen LogP contribution in [0.15, 0.2) is 283 Å². The number of imidazole rings is 3. The van der Waals surface area contributed by atoms with E-state index < -0.39 is 0 Å². The molecule has 13 nitrogen and oxygen atoms in total. The molecule has 4 aromatic heterocycles. The minimum Gasteiger partial charge on any atom is -0.453 e. The van der Waals surface area contributed by atoms with Crippen molar-refractivity contribution >= 4 is 119 Å². The lowest BCUT2D eigenvalue weighted by molar-refractivity contribution is 0.0965. The van der Waals surface area contributed by atoms with E-state index in [1.807, 2.05) is 164 Å². The molecule has 21 rings (SSSR count). The first kappa shape index (κ1) is 51.6. The van der Waals surface area contributed by atoms with Gasteiger partial charge in [0.2, 0.25) is 0 Å². The summed E-state index contributed by atoms with van der Waals surface area (Å²) in [5.74, 6) is 3.64. The Labute approximate surface area is 528 Å². The minimum atomic E-state index is -0.0459. The van der Waals surface area contributed by atoms with Gasteiger partial charge < -0.3 is 19.1 Å². The van der Waals surface area contributed by atoms with Crippen molar-refractivity contribution in [2.24, 2.45) is 0 Å². The topological polar surface area (TPSA) is 125 Å². The molecule has 0 radical (unpaired) electrons. The van der Waals surface area contributed by atoms with Crippen molar-refractivity contribution in [1.29, 1.82) is 0 Å². The van der Waals surface area contributed by atoms with E-state index in [1.54, 1.807) is 25.5 Å². The summed E-state index contributed by atoms with van der Waals surface area (Å²) in [7, 11) is 0. The maximum Gasteiger partial charge on any atom is 0.264 e. The van der Waals surface area contributed by atoms with E-state index in [4.69, 9.17) is 19.7 Å². The molecule has 0 spiro atoms. The van der Waals surface area contributed by atoms with Crippen LogP contribution in [0.3, 0.4) is 0 Å². The van der Waals surface area contributed by atoms with Gasteiger partial charge in [0.05, 0.1) is 83.6 Å². The van der Waals surface area contributed by atoms with Gasteiger partial charge in [-0.3, -0.25) is 28.1 Å². The van der Waals surface area contributed by atoms with Crippen LogP contribution in [0.5, 0.6) is 11.5 Å². The number of ether oxygens (including phenoxy) is 1. The van der Waals surface area contributed by atoms with E-state index in [1.165, 1.54) is 20.6 Å². The number of rotatable bonds is 3. The first-order valence-corrected chi connectivity index (χ1v) is 31.0. The quantitative estimate of drug-likeness (QED) is 0.169. The van der Waals surface area contributed by atoms with Crippen molar-refractivity contribution in [2.45, 2.75) is 9.79 Å². The van der Waals surface area contributed by atoms with Crippen molar-refractivity contribution in [3.8, 4) is 51.3 Å². The third-order valence-electron chi connectivity index (χ3n) is 17.9. The van der Waals surface area contributed by atoms with Crippen LogP contribution in [0.25, 0.3) is 94.8 Å². The Balaban J connectivity index is 0.0000000987. The normalized spacial score (nSPS) is 13.3. The Morgan fingerprint density at radius 3 is 1.04 bits per heavy atom. The number of carbonyl (C=O) groups excluding carboxylic acids is 3. The van der Waals surface area contributed by atoms with Gasteiger partial charge in [0, 0.05) is 54.3 Å². The number of nitrogens with zero attached hydrogens (tertiary/aromatic N) is 9. The molecule has 0 aliphatic carbocycles. The van der Waals surface area contributed by atoms with Crippen molar-refractivity contribution in [3.63, 3.8) is 0 Å². The maximum absolute atomic E-state index is 13.4. The molecule has 0 atom stereocenters. The van der Waals surface area contributed by atoms with Crippen molar-refractivity contribution in [3.05, 3.63) is 290 Å². The molecule has 0 saturated carbocycles. The summed E-state index contributed by atoms with van der Waals surface area (Å²) >= 11 is 1.78. The molecule has 432 valence electrons. The highest BCUT2D eigenvalue weighted by atomic mass is 32.2. The fourth-order valence-electron chi connectivity index (χ4n) is 13.9. The molecule has 92 heavy (non-hydrogen) atoms. The highest BCUT2D eigenvalue weighted by Gasteiger charge is 2.36. The van der Waals surface area contributed by atoms with Crippen LogP contribution >= 0.6 is 11.8 Å². The first-order chi connectivity index (χ1) is 45.4. The van der Waals surface area contributed by atoms with E-state index >= 15 is 0 Å². The van der Waals surface area contributed by atoms with Gasteiger partial charge in [-0.2, -0.15) is 0 Å². The van der Waals surface area contributed by atoms with Gasteiger partial charge in [0.1, 0.15) is 17.5 Å². The Kier molecular flexibility index (Phi) is 11.1. The standard InChI is InChI=1S/C26H15N3O2.C26H15N3OS.C26H15N3O/c2*30-26-18-15-16(13-14-17(18)25-27-19-7-1-2-8-20(19)29(25)26)28-21-9-3-5-11-23(21)31-24-12-6-4-10-22(24)28;30-26-20-15-16(13-14-19(20)25-27-21-9-3-6-12-24(21)29(25)26)28-22-10-4-1-7-17(22)18-8-2-5-11-23(18)28/h2*1-15H;1-15H. The maximum atomic E-state index is 13.4. The molecule has 0 saturated heterocycles. The van der Waals surface area contributed by atoms with Crippen LogP contribution in [-0.2, 0) is 0 Å². The van der Waals surface area contributed by atoms with Crippen LogP contribution in [0.4, 0.5) is 34.1 Å². The molecule has 0 fully saturated rings. The largest absolute Gasteiger partial charge is 0.453 e. The summed E-state index contributed by atoms with van der Waals surface area (Å²) in [6, 6.07) is 91.0. The number of aromatic nitrogens is 7. The first-order valence-electron chi connectivity index (χ1n) is 30.2. The molecule has 0 amide bonds. The van der Waals surface area contributed by atoms with Crippen LogP contribution < -0.4 is 14.5 Å². The van der Waals surface area contributed by atoms with Crippen molar-refractivity contribution in [1.82, 2.24) is 33.2 Å². The van der Waals surface area contributed by atoms with Gasteiger partial charge in [-0.25, -0.2) is 15.0 Å². The average molecular weight is 1200 g/mol. The molecular weight excluding hydrogens is 1160 g/mol. The van der Waals surface area contributed by atoms with E-state index in [0.717, 1.165) is 124 Å². The molecule has 5 aliphatic heterocycles. The lowest BCUT2D eigenvalue weighted by atomic mass is 10.1. The second-order valence-corrected chi connectivity index (χ2v) is 24.1. The predicted octanol–water partition coefficient (Wildman–Crippen LogP) is 18.7. The fraction of sp³-hybridized carbons (Fsp3) is 0. The number of benzene rings is 12. The number of hydrogen-bond acceptors (Lipinski definition) is 10. The van der Waals surface area contributed by atoms with Crippen LogP contribution in [0, 0.1) is 0 Å². The lowest BCUT2D eigenvalue weighted by Gasteiger charge is -2.33. The second kappa shape index (κ2) is 19.8. The Morgan fingerprint density at radius 2 is 0.609 bits per heavy atom. The third kappa shape index (κ3) is 7.55.